The van der Waals surface area contributed by atoms with Crippen LogP contribution in [0.1, 0.15) is 44.9 Å². The second-order valence-corrected chi connectivity index (χ2v) is 3.87. The van der Waals surface area contributed by atoms with Crippen LogP contribution in [0.15, 0.2) is 11.6 Å². The van der Waals surface area contributed by atoms with Crippen LogP contribution in [-0.4, -0.2) is 13.1 Å². The molecule has 0 aromatic carbocycles. The molecule has 0 aromatic rings. The lowest BCUT2D eigenvalue weighted by Crippen LogP contribution is -2.16. The van der Waals surface area contributed by atoms with Crippen molar-refractivity contribution in [3.63, 3.8) is 0 Å². The van der Waals surface area contributed by atoms with E-state index in [-0.39, 0.29) is 0 Å². The number of hydrogen-bond acceptors (Lipinski definition) is 2. The van der Waals surface area contributed by atoms with E-state index in [9.17, 15) is 0 Å². The zero-order chi connectivity index (χ0) is 10.1. The SMILES string of the molecule is N#CCCCCNCCC1=CCCC1. The second-order valence-electron chi connectivity index (χ2n) is 3.87. The third kappa shape index (κ3) is 5.04. The molecule has 78 valence electrons. The fraction of sp³-hybridized carbons (Fsp3) is 0.750. The molecule has 1 N–H and O–H groups in total. The highest BCUT2D eigenvalue weighted by Crippen LogP contribution is 2.19. The molecule has 0 amide bonds. The normalized spacial score (nSPS) is 15.2. The fourth-order valence-corrected chi connectivity index (χ4v) is 1.79. The van der Waals surface area contributed by atoms with Crippen LogP contribution in [0, 0.1) is 11.3 Å². The van der Waals surface area contributed by atoms with Crippen molar-refractivity contribution in [2.24, 2.45) is 0 Å². The number of unbranched alkanes of at least 4 members (excludes halogenated alkanes) is 2. The first kappa shape index (κ1) is 11.3. The van der Waals surface area contributed by atoms with Crippen molar-refractivity contribution in [2.75, 3.05) is 13.1 Å². The van der Waals surface area contributed by atoms with Crippen molar-refractivity contribution in [1.82, 2.24) is 5.32 Å². The molecule has 1 rings (SSSR count). The van der Waals surface area contributed by atoms with Gasteiger partial charge in [0.05, 0.1) is 6.07 Å². The van der Waals surface area contributed by atoms with Crippen molar-refractivity contribution in [3.8, 4) is 6.07 Å². The minimum atomic E-state index is 0.701. The summed E-state index contributed by atoms with van der Waals surface area (Å²) in [4.78, 5) is 0. The third-order valence-electron chi connectivity index (χ3n) is 2.65. The Morgan fingerprint density at radius 3 is 3.00 bits per heavy atom. The predicted octanol–water partition coefficient (Wildman–Crippen LogP) is 2.77. The smallest absolute Gasteiger partial charge is 0.0621 e. The zero-order valence-electron chi connectivity index (χ0n) is 8.89. The van der Waals surface area contributed by atoms with Gasteiger partial charge in [-0.3, -0.25) is 0 Å². The highest BCUT2D eigenvalue weighted by Gasteiger charge is 2.02. The van der Waals surface area contributed by atoms with Gasteiger partial charge >= 0.3 is 0 Å². The largest absolute Gasteiger partial charge is 0.316 e. The van der Waals surface area contributed by atoms with Crippen LogP contribution >= 0.6 is 0 Å². The average molecular weight is 192 g/mol. The molecule has 0 saturated heterocycles. The van der Waals surface area contributed by atoms with Crippen LogP contribution in [0.5, 0.6) is 0 Å². The summed E-state index contributed by atoms with van der Waals surface area (Å²) in [6.45, 7) is 2.17. The fourth-order valence-electron chi connectivity index (χ4n) is 1.79. The van der Waals surface area contributed by atoms with Gasteiger partial charge in [0.1, 0.15) is 0 Å². The maximum Gasteiger partial charge on any atom is 0.0621 e. The lowest BCUT2D eigenvalue weighted by Gasteiger charge is -2.04. The molecule has 0 aliphatic heterocycles. The van der Waals surface area contributed by atoms with E-state index in [1.807, 2.05) is 0 Å². The second kappa shape index (κ2) is 7.58. The maximum absolute atomic E-state index is 8.33. The molecule has 2 nitrogen and oxygen atoms in total. The molecule has 0 bridgehead atoms. The summed E-state index contributed by atoms with van der Waals surface area (Å²) in [5.41, 5.74) is 1.63. The summed E-state index contributed by atoms with van der Waals surface area (Å²) in [7, 11) is 0. The number of hydrogen-bond donors (Lipinski definition) is 1. The molecule has 0 atom stereocenters. The van der Waals surface area contributed by atoms with Gasteiger partial charge in [0, 0.05) is 6.42 Å². The number of nitriles is 1. The predicted molar refractivity (Wildman–Crippen MR) is 58.9 cm³/mol. The van der Waals surface area contributed by atoms with E-state index < -0.39 is 0 Å². The van der Waals surface area contributed by atoms with Crippen LogP contribution in [0.2, 0.25) is 0 Å². The Labute approximate surface area is 87.0 Å². The standard InChI is InChI=1S/C12H20N2/c13-9-4-1-5-10-14-11-8-12-6-2-3-7-12/h6,14H,1-5,7-8,10-11H2. The lowest BCUT2D eigenvalue weighted by molar-refractivity contribution is 0.623. The van der Waals surface area contributed by atoms with E-state index in [4.69, 9.17) is 5.26 Å². The minimum Gasteiger partial charge on any atom is -0.316 e. The highest BCUT2D eigenvalue weighted by molar-refractivity contribution is 5.07. The Balaban J connectivity index is 1.82. The van der Waals surface area contributed by atoms with Gasteiger partial charge in [0.2, 0.25) is 0 Å². The van der Waals surface area contributed by atoms with Crippen LogP contribution in [0.3, 0.4) is 0 Å². The van der Waals surface area contributed by atoms with E-state index in [1.54, 1.807) is 5.57 Å². The van der Waals surface area contributed by atoms with Gasteiger partial charge in [-0.15, -0.1) is 0 Å². The lowest BCUT2D eigenvalue weighted by atomic mass is 10.1. The quantitative estimate of drug-likeness (QED) is 0.497. The molecule has 0 heterocycles. The molecule has 2 heteroatoms. The Hall–Kier alpha value is -0.810. The highest BCUT2D eigenvalue weighted by atomic mass is 14.8. The van der Waals surface area contributed by atoms with Gasteiger partial charge in [-0.2, -0.15) is 5.26 Å². The number of allylic oxidation sites excluding steroid dienone is 1. The van der Waals surface area contributed by atoms with Crippen molar-refractivity contribution in [3.05, 3.63) is 11.6 Å². The topological polar surface area (TPSA) is 35.8 Å². The molecular weight excluding hydrogens is 172 g/mol. The first-order valence-corrected chi connectivity index (χ1v) is 5.69. The Morgan fingerprint density at radius 2 is 2.29 bits per heavy atom. The summed E-state index contributed by atoms with van der Waals surface area (Å²) in [5.74, 6) is 0. The molecule has 0 spiro atoms. The van der Waals surface area contributed by atoms with Gasteiger partial charge in [-0.1, -0.05) is 11.6 Å². The zero-order valence-corrected chi connectivity index (χ0v) is 8.89. The van der Waals surface area contributed by atoms with Crippen molar-refractivity contribution >= 4 is 0 Å². The van der Waals surface area contributed by atoms with Crippen LogP contribution in [0.25, 0.3) is 0 Å². The minimum absolute atomic E-state index is 0.701. The van der Waals surface area contributed by atoms with Crippen molar-refractivity contribution in [2.45, 2.75) is 44.9 Å². The molecule has 0 radical (unpaired) electrons. The van der Waals surface area contributed by atoms with Crippen molar-refractivity contribution in [1.29, 1.82) is 5.26 Å². The molecule has 0 unspecified atom stereocenters. The third-order valence-corrected chi connectivity index (χ3v) is 2.65. The molecule has 0 aromatic heterocycles. The summed E-state index contributed by atoms with van der Waals surface area (Å²) in [5, 5.41) is 11.8. The van der Waals surface area contributed by atoms with Gasteiger partial charge in [-0.25, -0.2) is 0 Å². The number of rotatable bonds is 7. The summed E-state index contributed by atoms with van der Waals surface area (Å²) >= 11 is 0. The van der Waals surface area contributed by atoms with E-state index in [0.717, 1.165) is 25.9 Å². The van der Waals surface area contributed by atoms with Gasteiger partial charge in [0.15, 0.2) is 0 Å². The number of nitrogens with one attached hydrogen (secondary N) is 1. The van der Waals surface area contributed by atoms with E-state index in [2.05, 4.69) is 17.5 Å². The molecular formula is C12H20N2. The van der Waals surface area contributed by atoms with Crippen molar-refractivity contribution < 1.29 is 0 Å². The Morgan fingerprint density at radius 1 is 1.36 bits per heavy atom. The Kier molecular flexibility index (Phi) is 6.10. The molecule has 0 saturated carbocycles. The van der Waals surface area contributed by atoms with Crippen LogP contribution in [-0.2, 0) is 0 Å². The molecule has 0 fully saturated rings. The molecule has 14 heavy (non-hydrogen) atoms. The monoisotopic (exact) mass is 192 g/mol. The van der Waals surface area contributed by atoms with Gasteiger partial charge in [-0.05, 0) is 51.6 Å². The first-order chi connectivity index (χ1) is 6.93. The van der Waals surface area contributed by atoms with E-state index in [1.165, 1.54) is 25.7 Å². The van der Waals surface area contributed by atoms with E-state index >= 15 is 0 Å². The molecule has 1 aliphatic rings. The van der Waals surface area contributed by atoms with Crippen LogP contribution < -0.4 is 5.32 Å². The van der Waals surface area contributed by atoms with Crippen LogP contribution in [0.4, 0.5) is 0 Å². The van der Waals surface area contributed by atoms with E-state index in [0.29, 0.717) is 6.42 Å². The van der Waals surface area contributed by atoms with Gasteiger partial charge < -0.3 is 5.32 Å². The Bertz CT molecular complexity index is 213. The number of nitrogens with zero attached hydrogens (tertiary/aromatic N) is 1. The van der Waals surface area contributed by atoms with Gasteiger partial charge in [0.25, 0.3) is 0 Å². The summed E-state index contributed by atoms with van der Waals surface area (Å²) in [6.07, 6.45) is 10.4. The molecule has 1 aliphatic carbocycles. The summed E-state index contributed by atoms with van der Waals surface area (Å²) in [6, 6.07) is 2.17. The average Bonchev–Trinajstić information content (AvgIpc) is 2.69. The first-order valence-electron chi connectivity index (χ1n) is 5.69. The maximum atomic E-state index is 8.33. The summed E-state index contributed by atoms with van der Waals surface area (Å²) < 4.78 is 0.